The van der Waals surface area contributed by atoms with Crippen LogP contribution in [-0.2, 0) is 19.4 Å². The molecule has 5 nitrogen and oxygen atoms in total. The number of benzene rings is 2. The van der Waals surface area contributed by atoms with Crippen LogP contribution in [0.2, 0.25) is 0 Å². The zero-order chi connectivity index (χ0) is 19.8. The second-order valence-corrected chi connectivity index (χ2v) is 7.20. The summed E-state index contributed by atoms with van der Waals surface area (Å²) in [4.78, 5) is 0. The fourth-order valence-corrected chi connectivity index (χ4v) is 4.29. The molecule has 4 aromatic rings. The standard InChI is InChI=1S/C24H22N2O3/c1-27-21-10-6-9-18(24(21)28-2)14-26-15-20-19(12-11-17-13-25-29-23(17)20)22(26)16-7-4-3-5-8-16/h3-10,13,15H,11-12,14H2,1-2H3. The monoisotopic (exact) mass is 386 g/mol. The topological polar surface area (TPSA) is 49.4 Å². The van der Waals surface area contributed by atoms with E-state index in [2.05, 4.69) is 46.3 Å². The van der Waals surface area contributed by atoms with Gasteiger partial charge in [-0.05, 0) is 30.0 Å². The molecule has 0 aliphatic heterocycles. The van der Waals surface area contributed by atoms with E-state index in [1.807, 2.05) is 24.4 Å². The third-order valence-electron chi connectivity index (χ3n) is 5.59. The summed E-state index contributed by atoms with van der Waals surface area (Å²) in [7, 11) is 3.35. The molecule has 2 aromatic heterocycles. The lowest BCUT2D eigenvalue weighted by Crippen LogP contribution is -2.05. The lowest BCUT2D eigenvalue weighted by molar-refractivity contribution is 0.351. The van der Waals surface area contributed by atoms with Crippen molar-refractivity contribution in [2.75, 3.05) is 14.2 Å². The molecule has 0 bridgehead atoms. The van der Waals surface area contributed by atoms with Crippen molar-refractivity contribution in [2.24, 2.45) is 0 Å². The highest BCUT2D eigenvalue weighted by Crippen LogP contribution is 2.41. The van der Waals surface area contributed by atoms with E-state index < -0.39 is 0 Å². The van der Waals surface area contributed by atoms with E-state index in [1.54, 1.807) is 14.2 Å². The van der Waals surface area contributed by atoms with Gasteiger partial charge >= 0.3 is 0 Å². The van der Waals surface area contributed by atoms with Gasteiger partial charge in [-0.25, -0.2) is 0 Å². The Morgan fingerprint density at radius 2 is 1.86 bits per heavy atom. The minimum atomic E-state index is 0.668. The molecule has 1 aliphatic rings. The highest BCUT2D eigenvalue weighted by molar-refractivity contribution is 5.78. The van der Waals surface area contributed by atoms with Gasteiger partial charge in [0, 0.05) is 22.9 Å². The number of aryl methyl sites for hydroxylation is 1. The van der Waals surface area contributed by atoms with Crippen LogP contribution in [0.1, 0.15) is 16.7 Å². The van der Waals surface area contributed by atoms with Gasteiger partial charge in [0.1, 0.15) is 0 Å². The lowest BCUT2D eigenvalue weighted by atomic mass is 9.91. The summed E-state index contributed by atoms with van der Waals surface area (Å²) in [5, 5.41) is 4.03. The molecule has 0 saturated carbocycles. The molecule has 0 atom stereocenters. The van der Waals surface area contributed by atoms with Crippen molar-refractivity contribution < 1.29 is 14.0 Å². The summed E-state index contributed by atoms with van der Waals surface area (Å²) >= 11 is 0. The molecule has 5 heteroatoms. The molecule has 0 unspecified atom stereocenters. The number of rotatable bonds is 5. The highest BCUT2D eigenvalue weighted by atomic mass is 16.5. The van der Waals surface area contributed by atoms with Crippen molar-refractivity contribution in [1.29, 1.82) is 0 Å². The first kappa shape index (κ1) is 17.6. The average Bonchev–Trinajstić information content (AvgIpc) is 3.38. The summed E-state index contributed by atoms with van der Waals surface area (Å²) < 4.78 is 19.1. The first-order chi connectivity index (χ1) is 14.3. The van der Waals surface area contributed by atoms with Gasteiger partial charge in [0.15, 0.2) is 17.3 Å². The van der Waals surface area contributed by atoms with Crippen molar-refractivity contribution in [3.05, 3.63) is 77.6 Å². The molecule has 1 aliphatic carbocycles. The Hall–Kier alpha value is -3.47. The molecule has 2 aromatic carbocycles. The molecule has 29 heavy (non-hydrogen) atoms. The van der Waals surface area contributed by atoms with E-state index in [9.17, 15) is 0 Å². The van der Waals surface area contributed by atoms with Crippen LogP contribution in [0.25, 0.3) is 22.6 Å². The number of fused-ring (bicyclic) bond motifs is 3. The van der Waals surface area contributed by atoms with Crippen LogP contribution < -0.4 is 9.47 Å². The van der Waals surface area contributed by atoms with Crippen LogP contribution in [0.5, 0.6) is 11.5 Å². The van der Waals surface area contributed by atoms with E-state index in [0.29, 0.717) is 6.54 Å². The summed E-state index contributed by atoms with van der Waals surface area (Å²) in [6.45, 7) is 0.668. The second kappa shape index (κ2) is 7.17. The van der Waals surface area contributed by atoms with Crippen molar-refractivity contribution in [3.63, 3.8) is 0 Å². The van der Waals surface area contributed by atoms with Gasteiger partial charge in [-0.3, -0.25) is 0 Å². The molecule has 0 N–H and O–H groups in total. The highest BCUT2D eigenvalue weighted by Gasteiger charge is 2.27. The molecule has 0 radical (unpaired) electrons. The number of nitrogens with zero attached hydrogens (tertiary/aromatic N) is 2. The number of methoxy groups -OCH3 is 2. The van der Waals surface area contributed by atoms with Crippen molar-refractivity contribution >= 4 is 0 Å². The van der Waals surface area contributed by atoms with E-state index in [4.69, 9.17) is 14.0 Å². The van der Waals surface area contributed by atoms with Crippen LogP contribution in [0.15, 0.2) is 65.4 Å². The third-order valence-corrected chi connectivity index (χ3v) is 5.59. The summed E-state index contributed by atoms with van der Waals surface area (Å²) in [6.07, 6.45) is 5.93. The third kappa shape index (κ3) is 2.90. The average molecular weight is 386 g/mol. The molecule has 5 rings (SSSR count). The number of hydrogen-bond acceptors (Lipinski definition) is 4. The van der Waals surface area contributed by atoms with Gasteiger partial charge < -0.3 is 18.6 Å². The summed E-state index contributed by atoms with van der Waals surface area (Å²) in [5.41, 5.74) is 7.08. The van der Waals surface area contributed by atoms with Crippen molar-refractivity contribution in [1.82, 2.24) is 9.72 Å². The fraction of sp³-hybridized carbons (Fsp3) is 0.208. The van der Waals surface area contributed by atoms with Crippen LogP contribution in [0, 0.1) is 0 Å². The molecule has 0 spiro atoms. The van der Waals surface area contributed by atoms with Crippen molar-refractivity contribution in [3.8, 4) is 34.1 Å². The summed E-state index contributed by atoms with van der Waals surface area (Å²) in [6, 6.07) is 16.5. The number of para-hydroxylation sites is 1. The molecule has 0 saturated heterocycles. The number of hydrogen-bond donors (Lipinski definition) is 0. The Morgan fingerprint density at radius 3 is 2.66 bits per heavy atom. The van der Waals surface area contributed by atoms with Gasteiger partial charge in [-0.15, -0.1) is 0 Å². The Balaban J connectivity index is 1.68. The zero-order valence-electron chi connectivity index (χ0n) is 16.5. The van der Waals surface area contributed by atoms with Gasteiger partial charge in [-0.1, -0.05) is 47.6 Å². The van der Waals surface area contributed by atoms with Crippen LogP contribution in [-0.4, -0.2) is 23.9 Å². The van der Waals surface area contributed by atoms with E-state index in [-0.39, 0.29) is 0 Å². The van der Waals surface area contributed by atoms with E-state index in [1.165, 1.54) is 22.4 Å². The maximum Gasteiger partial charge on any atom is 0.171 e. The Labute approximate surface area is 169 Å². The molecule has 0 fully saturated rings. The SMILES string of the molecule is COc1cccc(Cn2cc3c(c2-c2ccccc2)CCc2cnoc2-3)c1OC. The van der Waals surface area contributed by atoms with Crippen LogP contribution >= 0.6 is 0 Å². The maximum absolute atomic E-state index is 5.66. The van der Waals surface area contributed by atoms with Crippen molar-refractivity contribution in [2.45, 2.75) is 19.4 Å². The predicted octanol–water partition coefficient (Wildman–Crippen LogP) is 4.97. The maximum atomic E-state index is 5.66. The van der Waals surface area contributed by atoms with E-state index >= 15 is 0 Å². The first-order valence-electron chi connectivity index (χ1n) is 9.71. The zero-order valence-corrected chi connectivity index (χ0v) is 16.5. The van der Waals surface area contributed by atoms with Gasteiger partial charge in [0.25, 0.3) is 0 Å². The smallest absolute Gasteiger partial charge is 0.171 e. The molecular formula is C24H22N2O3. The Morgan fingerprint density at radius 1 is 1.00 bits per heavy atom. The second-order valence-electron chi connectivity index (χ2n) is 7.20. The first-order valence-corrected chi connectivity index (χ1v) is 9.71. The van der Waals surface area contributed by atoms with E-state index in [0.717, 1.165) is 41.2 Å². The van der Waals surface area contributed by atoms with Crippen LogP contribution in [0.3, 0.4) is 0 Å². The lowest BCUT2D eigenvalue weighted by Gasteiger charge is -2.16. The number of ether oxygens (including phenoxy) is 2. The molecule has 0 amide bonds. The number of aromatic nitrogens is 2. The molecule has 2 heterocycles. The Bertz CT molecular complexity index is 1160. The minimum Gasteiger partial charge on any atom is -0.493 e. The summed E-state index contributed by atoms with van der Waals surface area (Å²) in [5.74, 6) is 2.39. The Kier molecular flexibility index (Phi) is 4.35. The van der Waals surface area contributed by atoms with Gasteiger partial charge in [-0.2, -0.15) is 0 Å². The van der Waals surface area contributed by atoms with Crippen LogP contribution in [0.4, 0.5) is 0 Å². The quantitative estimate of drug-likeness (QED) is 0.486. The molecular weight excluding hydrogens is 364 g/mol. The minimum absolute atomic E-state index is 0.668. The molecule has 146 valence electrons. The normalized spacial score (nSPS) is 12.3. The fourth-order valence-electron chi connectivity index (χ4n) is 4.29. The predicted molar refractivity (Wildman–Crippen MR) is 111 cm³/mol. The van der Waals surface area contributed by atoms with Gasteiger partial charge in [0.2, 0.25) is 0 Å². The van der Waals surface area contributed by atoms with Gasteiger partial charge in [0.05, 0.1) is 32.7 Å². The largest absolute Gasteiger partial charge is 0.493 e.